The molecule has 1 aromatic carbocycles. The van der Waals surface area contributed by atoms with Crippen LogP contribution in [-0.2, 0) is 7.05 Å². The van der Waals surface area contributed by atoms with Crippen molar-refractivity contribution in [3.8, 4) is 22.8 Å². The summed E-state index contributed by atoms with van der Waals surface area (Å²) < 4.78 is 7.67. The molecule has 0 unspecified atom stereocenters. The number of aryl methyl sites for hydroxylation is 1. The maximum absolute atomic E-state index is 12.4. The van der Waals surface area contributed by atoms with Crippen molar-refractivity contribution in [2.24, 2.45) is 7.05 Å². The van der Waals surface area contributed by atoms with Gasteiger partial charge >= 0.3 is 0 Å². The van der Waals surface area contributed by atoms with Gasteiger partial charge in [0, 0.05) is 53.1 Å². The molecular weight excluding hydrogens is 358 g/mol. The average molecular weight is 377 g/mol. The lowest BCUT2D eigenvalue weighted by Gasteiger charge is -2.14. The van der Waals surface area contributed by atoms with Crippen LogP contribution in [0.25, 0.3) is 22.0 Å². The highest BCUT2D eigenvalue weighted by molar-refractivity contribution is 7.99. The quantitative estimate of drug-likeness (QED) is 0.506. The molecule has 6 heteroatoms. The molecule has 0 aliphatic carbocycles. The minimum atomic E-state index is -0.0509. The van der Waals surface area contributed by atoms with E-state index in [1.807, 2.05) is 42.6 Å². The van der Waals surface area contributed by atoms with Gasteiger partial charge in [0.1, 0.15) is 11.3 Å². The molecule has 0 saturated heterocycles. The fourth-order valence-electron chi connectivity index (χ4n) is 3.07. The van der Waals surface area contributed by atoms with E-state index in [2.05, 4.69) is 23.0 Å². The van der Waals surface area contributed by atoms with Crippen molar-refractivity contribution in [2.45, 2.75) is 11.8 Å². The predicted molar refractivity (Wildman–Crippen MR) is 110 cm³/mol. The first-order chi connectivity index (χ1) is 13.2. The molecular formula is C21H19N3O2S. The molecule has 3 heterocycles. The Hall–Kier alpha value is -2.99. The van der Waals surface area contributed by atoms with Crippen LogP contribution < -0.4 is 10.3 Å². The van der Waals surface area contributed by atoms with Gasteiger partial charge in [0.25, 0.3) is 5.56 Å². The minimum Gasteiger partial charge on any atom is -0.438 e. The number of hydrogen-bond donors (Lipinski definition) is 1. The average Bonchev–Trinajstić information content (AvgIpc) is 3.17. The van der Waals surface area contributed by atoms with Crippen molar-refractivity contribution < 1.29 is 4.74 Å². The van der Waals surface area contributed by atoms with E-state index in [0.29, 0.717) is 17.1 Å². The van der Waals surface area contributed by atoms with Gasteiger partial charge in [-0.25, -0.2) is 4.98 Å². The zero-order valence-electron chi connectivity index (χ0n) is 15.1. The second-order valence-electron chi connectivity index (χ2n) is 6.09. The minimum absolute atomic E-state index is 0.0509. The molecule has 0 atom stereocenters. The van der Waals surface area contributed by atoms with Crippen molar-refractivity contribution in [3.05, 3.63) is 71.4 Å². The molecule has 3 aromatic heterocycles. The monoisotopic (exact) mass is 377 g/mol. The SMILES string of the molecule is CCSc1ccc(Oc2ccccn2)c(-c2cn(C)c(=O)c3[nH]ccc23)c1. The van der Waals surface area contributed by atoms with Crippen molar-refractivity contribution in [1.82, 2.24) is 14.5 Å². The third kappa shape index (κ3) is 3.36. The lowest BCUT2D eigenvalue weighted by Crippen LogP contribution is -2.16. The molecule has 0 bridgehead atoms. The Morgan fingerprint density at radius 2 is 2.07 bits per heavy atom. The summed E-state index contributed by atoms with van der Waals surface area (Å²) in [6, 6.07) is 13.6. The van der Waals surface area contributed by atoms with Gasteiger partial charge in [0.2, 0.25) is 5.88 Å². The highest BCUT2D eigenvalue weighted by atomic mass is 32.2. The fourth-order valence-corrected chi connectivity index (χ4v) is 3.77. The molecule has 0 saturated carbocycles. The predicted octanol–water partition coefficient (Wildman–Crippen LogP) is 4.83. The van der Waals surface area contributed by atoms with Crippen LogP contribution >= 0.6 is 11.8 Å². The Morgan fingerprint density at radius 1 is 1.19 bits per heavy atom. The molecule has 0 fully saturated rings. The van der Waals surface area contributed by atoms with Crippen LogP contribution in [0.4, 0.5) is 0 Å². The van der Waals surface area contributed by atoms with E-state index < -0.39 is 0 Å². The Bertz CT molecular complexity index is 1150. The van der Waals surface area contributed by atoms with E-state index in [1.54, 1.807) is 35.8 Å². The second-order valence-corrected chi connectivity index (χ2v) is 7.42. The molecule has 27 heavy (non-hydrogen) atoms. The molecule has 4 rings (SSSR count). The van der Waals surface area contributed by atoms with Gasteiger partial charge in [-0.3, -0.25) is 4.79 Å². The van der Waals surface area contributed by atoms with Crippen LogP contribution in [0.15, 0.2) is 70.7 Å². The number of pyridine rings is 2. The number of hydrogen-bond acceptors (Lipinski definition) is 4. The summed E-state index contributed by atoms with van der Waals surface area (Å²) in [5.74, 6) is 2.22. The summed E-state index contributed by atoms with van der Waals surface area (Å²) in [4.78, 5) is 20.9. The molecule has 0 spiro atoms. The highest BCUT2D eigenvalue weighted by Crippen LogP contribution is 2.38. The number of ether oxygens (including phenoxy) is 1. The summed E-state index contributed by atoms with van der Waals surface area (Å²) >= 11 is 1.77. The first-order valence-corrected chi connectivity index (χ1v) is 9.68. The molecule has 4 aromatic rings. The molecule has 1 N–H and O–H groups in total. The van der Waals surface area contributed by atoms with Gasteiger partial charge in [-0.2, -0.15) is 0 Å². The molecule has 0 aliphatic heterocycles. The zero-order chi connectivity index (χ0) is 18.8. The Morgan fingerprint density at radius 3 is 2.85 bits per heavy atom. The molecule has 5 nitrogen and oxygen atoms in total. The highest BCUT2D eigenvalue weighted by Gasteiger charge is 2.15. The number of fused-ring (bicyclic) bond motifs is 1. The van der Waals surface area contributed by atoms with Gasteiger partial charge in [0.15, 0.2) is 0 Å². The normalized spacial score (nSPS) is 11.0. The first-order valence-electron chi connectivity index (χ1n) is 8.70. The fraction of sp³-hybridized carbons (Fsp3) is 0.143. The largest absolute Gasteiger partial charge is 0.438 e. The number of rotatable bonds is 5. The third-order valence-electron chi connectivity index (χ3n) is 4.30. The number of benzene rings is 1. The van der Waals surface area contributed by atoms with Crippen LogP contribution in [0.2, 0.25) is 0 Å². The van der Waals surface area contributed by atoms with Crippen molar-refractivity contribution in [2.75, 3.05) is 5.75 Å². The molecule has 136 valence electrons. The second kappa shape index (κ2) is 7.32. The summed E-state index contributed by atoms with van der Waals surface area (Å²) in [5, 5.41) is 0.877. The van der Waals surface area contributed by atoms with Gasteiger partial charge in [0.05, 0.1) is 0 Å². The Kier molecular flexibility index (Phi) is 4.73. The zero-order valence-corrected chi connectivity index (χ0v) is 15.9. The Labute approximate surface area is 161 Å². The summed E-state index contributed by atoms with van der Waals surface area (Å²) in [6.07, 6.45) is 5.35. The lowest BCUT2D eigenvalue weighted by molar-refractivity contribution is 0.464. The van der Waals surface area contributed by atoms with E-state index in [-0.39, 0.29) is 5.56 Å². The maximum atomic E-state index is 12.4. The van der Waals surface area contributed by atoms with Gasteiger partial charge in [-0.15, -0.1) is 11.8 Å². The van der Waals surface area contributed by atoms with Gasteiger partial charge < -0.3 is 14.3 Å². The van der Waals surface area contributed by atoms with Crippen LogP contribution in [0.3, 0.4) is 0 Å². The standard InChI is InChI=1S/C21H19N3O2S/c1-3-27-14-7-8-18(26-19-6-4-5-10-22-19)16(12-14)17-13-24(2)21(25)20-15(17)9-11-23-20/h4-13,23H,3H2,1-2H3. The lowest BCUT2D eigenvalue weighted by atomic mass is 10.0. The van der Waals surface area contributed by atoms with Crippen LogP contribution in [0.5, 0.6) is 11.6 Å². The van der Waals surface area contributed by atoms with E-state index in [9.17, 15) is 4.79 Å². The smallest absolute Gasteiger partial charge is 0.274 e. The summed E-state index contributed by atoms with van der Waals surface area (Å²) in [7, 11) is 1.76. The number of H-pyrrole nitrogens is 1. The van der Waals surface area contributed by atoms with Crippen molar-refractivity contribution in [1.29, 1.82) is 0 Å². The van der Waals surface area contributed by atoms with E-state index in [0.717, 1.165) is 27.2 Å². The topological polar surface area (TPSA) is 59.9 Å². The molecule has 0 aliphatic rings. The number of nitrogens with one attached hydrogen (secondary N) is 1. The third-order valence-corrected chi connectivity index (χ3v) is 5.17. The van der Waals surface area contributed by atoms with Crippen molar-refractivity contribution >= 4 is 22.7 Å². The molecule has 0 amide bonds. The number of thioether (sulfide) groups is 1. The summed E-state index contributed by atoms with van der Waals surface area (Å²) in [5.41, 5.74) is 2.41. The van der Waals surface area contributed by atoms with E-state index in [1.165, 1.54) is 0 Å². The van der Waals surface area contributed by atoms with Crippen molar-refractivity contribution in [3.63, 3.8) is 0 Å². The maximum Gasteiger partial charge on any atom is 0.274 e. The van der Waals surface area contributed by atoms with Crippen LogP contribution in [0, 0.1) is 0 Å². The first kappa shape index (κ1) is 17.4. The molecule has 0 radical (unpaired) electrons. The Balaban J connectivity index is 1.93. The van der Waals surface area contributed by atoms with E-state index in [4.69, 9.17) is 4.74 Å². The van der Waals surface area contributed by atoms with E-state index >= 15 is 0 Å². The number of aromatic amines is 1. The van der Waals surface area contributed by atoms with Crippen LogP contribution in [0.1, 0.15) is 6.92 Å². The summed E-state index contributed by atoms with van der Waals surface area (Å²) in [6.45, 7) is 2.12. The van der Waals surface area contributed by atoms with Crippen LogP contribution in [-0.4, -0.2) is 20.3 Å². The van der Waals surface area contributed by atoms with Gasteiger partial charge in [-0.1, -0.05) is 13.0 Å². The number of nitrogens with zero attached hydrogens (tertiary/aromatic N) is 2. The number of aromatic nitrogens is 3. The van der Waals surface area contributed by atoms with Gasteiger partial charge in [-0.05, 0) is 36.1 Å².